The molecule has 2 heterocycles. The van der Waals surface area contributed by atoms with Gasteiger partial charge in [0.2, 0.25) is 5.91 Å². The topological polar surface area (TPSA) is 76.9 Å². The number of anilines is 1. The molecule has 1 aromatic heterocycles. The van der Waals surface area contributed by atoms with Gasteiger partial charge in [0.15, 0.2) is 11.6 Å². The van der Waals surface area contributed by atoms with Crippen LogP contribution in [0.5, 0.6) is 0 Å². The largest absolute Gasteiger partial charge is 0.326 e. The summed E-state index contributed by atoms with van der Waals surface area (Å²) in [6.45, 7) is 0.950. The lowest BCUT2D eigenvalue weighted by Crippen LogP contribution is -2.13. The summed E-state index contributed by atoms with van der Waals surface area (Å²) < 4.78 is 2.20. The number of nitrogens with zero attached hydrogens (tertiary/aromatic N) is 3. The van der Waals surface area contributed by atoms with Crippen molar-refractivity contribution >= 4 is 17.4 Å². The van der Waals surface area contributed by atoms with E-state index in [4.69, 9.17) is 0 Å². The zero-order chi connectivity index (χ0) is 20.1. The Labute approximate surface area is 170 Å². The van der Waals surface area contributed by atoms with Gasteiger partial charge < -0.3 is 9.88 Å². The summed E-state index contributed by atoms with van der Waals surface area (Å²) in [5.74, 6) is 1.74. The Morgan fingerprint density at radius 1 is 0.897 bits per heavy atom. The maximum atomic E-state index is 12.2. The van der Waals surface area contributed by atoms with Crippen LogP contribution in [0.3, 0.4) is 0 Å². The number of ketones is 1. The van der Waals surface area contributed by atoms with E-state index in [2.05, 4.69) is 20.1 Å². The molecule has 29 heavy (non-hydrogen) atoms. The van der Waals surface area contributed by atoms with Crippen molar-refractivity contribution in [3.8, 4) is 11.4 Å². The Morgan fingerprint density at radius 3 is 2.48 bits per heavy atom. The highest BCUT2D eigenvalue weighted by Gasteiger charge is 2.16. The minimum Gasteiger partial charge on any atom is -0.326 e. The fourth-order valence-corrected chi connectivity index (χ4v) is 3.62. The fourth-order valence-electron chi connectivity index (χ4n) is 3.62. The molecule has 3 aromatic rings. The van der Waals surface area contributed by atoms with E-state index in [-0.39, 0.29) is 24.5 Å². The van der Waals surface area contributed by atoms with E-state index in [1.54, 1.807) is 12.1 Å². The van der Waals surface area contributed by atoms with Crippen molar-refractivity contribution in [2.24, 2.45) is 0 Å². The minimum absolute atomic E-state index is 0.0244. The van der Waals surface area contributed by atoms with Crippen LogP contribution in [-0.4, -0.2) is 26.5 Å². The van der Waals surface area contributed by atoms with Crippen molar-refractivity contribution in [3.05, 3.63) is 66.0 Å². The average Bonchev–Trinajstić information content (AvgIpc) is 3.01. The fraction of sp³-hybridized carbons (Fsp3) is 0.304. The van der Waals surface area contributed by atoms with Crippen LogP contribution in [0.4, 0.5) is 5.69 Å². The number of fused-ring (bicyclic) bond motifs is 1. The van der Waals surface area contributed by atoms with Crippen molar-refractivity contribution < 1.29 is 9.59 Å². The molecule has 6 nitrogen and oxygen atoms in total. The Bertz CT molecular complexity index is 993. The maximum absolute atomic E-state index is 12.2. The molecule has 0 unspecified atom stereocenters. The first-order valence-electron chi connectivity index (χ1n) is 10.1. The van der Waals surface area contributed by atoms with Gasteiger partial charge in [0.25, 0.3) is 0 Å². The summed E-state index contributed by atoms with van der Waals surface area (Å²) in [7, 11) is 0. The molecule has 1 aliphatic rings. The molecular weight excluding hydrogens is 364 g/mol. The molecule has 6 heteroatoms. The van der Waals surface area contributed by atoms with Crippen molar-refractivity contribution in [3.63, 3.8) is 0 Å². The first-order chi connectivity index (χ1) is 14.2. The van der Waals surface area contributed by atoms with E-state index in [0.29, 0.717) is 11.3 Å². The third kappa shape index (κ3) is 4.59. The second kappa shape index (κ2) is 8.82. The summed E-state index contributed by atoms with van der Waals surface area (Å²) in [5, 5.41) is 11.6. The molecule has 0 bridgehead atoms. The Kier molecular flexibility index (Phi) is 5.79. The standard InChI is InChI=1S/C23H24N4O2/c28-20(17-7-3-1-4-8-17)14-15-22(29)24-19-12-10-18(11-13-19)23-26-25-21-9-5-2-6-16-27(21)23/h1,3-4,7-8,10-13H,2,5-6,9,14-16H2,(H,24,29). The highest BCUT2D eigenvalue weighted by Crippen LogP contribution is 2.24. The zero-order valence-corrected chi connectivity index (χ0v) is 16.3. The number of Topliss-reactive ketones (excluding diaryl/α,β-unsaturated/α-hetero) is 1. The number of aromatic nitrogens is 3. The van der Waals surface area contributed by atoms with Gasteiger partial charge in [-0.3, -0.25) is 9.59 Å². The molecule has 2 aromatic carbocycles. The van der Waals surface area contributed by atoms with E-state index in [1.807, 2.05) is 42.5 Å². The molecule has 148 valence electrons. The monoisotopic (exact) mass is 388 g/mol. The SMILES string of the molecule is O=C(CCC(=O)c1ccccc1)Nc1ccc(-c2nnc3n2CCCCC3)cc1. The number of rotatable bonds is 6. The Hall–Kier alpha value is -3.28. The van der Waals surface area contributed by atoms with Crippen LogP contribution >= 0.6 is 0 Å². The molecule has 4 rings (SSSR count). The van der Waals surface area contributed by atoms with E-state index < -0.39 is 0 Å². The zero-order valence-electron chi connectivity index (χ0n) is 16.3. The van der Waals surface area contributed by atoms with E-state index in [0.717, 1.165) is 43.0 Å². The number of nitrogens with one attached hydrogen (secondary N) is 1. The molecule has 0 aliphatic carbocycles. The molecule has 0 spiro atoms. The van der Waals surface area contributed by atoms with Crippen molar-refractivity contribution in [2.75, 3.05) is 5.32 Å². The number of hydrogen-bond donors (Lipinski definition) is 1. The number of amides is 1. The molecule has 1 aliphatic heterocycles. The highest BCUT2D eigenvalue weighted by atomic mass is 16.2. The second-order valence-electron chi connectivity index (χ2n) is 7.32. The lowest BCUT2D eigenvalue weighted by Gasteiger charge is -2.09. The maximum Gasteiger partial charge on any atom is 0.224 e. The third-order valence-corrected chi connectivity index (χ3v) is 5.21. The van der Waals surface area contributed by atoms with Crippen LogP contribution in [0, 0.1) is 0 Å². The van der Waals surface area contributed by atoms with Crippen LogP contribution in [0.2, 0.25) is 0 Å². The van der Waals surface area contributed by atoms with Gasteiger partial charge in [-0.05, 0) is 37.1 Å². The van der Waals surface area contributed by atoms with Crippen LogP contribution in [0.15, 0.2) is 54.6 Å². The van der Waals surface area contributed by atoms with Gasteiger partial charge in [0, 0.05) is 42.6 Å². The predicted molar refractivity (Wildman–Crippen MR) is 112 cm³/mol. The number of hydrogen-bond acceptors (Lipinski definition) is 4. The lowest BCUT2D eigenvalue weighted by molar-refractivity contribution is -0.116. The van der Waals surface area contributed by atoms with Crippen LogP contribution in [-0.2, 0) is 17.8 Å². The summed E-state index contributed by atoms with van der Waals surface area (Å²) in [4.78, 5) is 24.3. The van der Waals surface area contributed by atoms with Crippen molar-refractivity contribution in [1.82, 2.24) is 14.8 Å². The van der Waals surface area contributed by atoms with Crippen molar-refractivity contribution in [2.45, 2.75) is 45.1 Å². The summed E-state index contributed by atoms with van der Waals surface area (Å²) >= 11 is 0. The second-order valence-corrected chi connectivity index (χ2v) is 7.32. The molecular formula is C23H24N4O2. The number of benzene rings is 2. The minimum atomic E-state index is -0.168. The summed E-state index contributed by atoms with van der Waals surface area (Å²) in [6.07, 6.45) is 4.86. The molecule has 0 atom stereocenters. The van der Waals surface area contributed by atoms with Crippen LogP contribution < -0.4 is 5.32 Å². The van der Waals surface area contributed by atoms with Gasteiger partial charge in [-0.2, -0.15) is 0 Å². The lowest BCUT2D eigenvalue weighted by atomic mass is 10.1. The smallest absolute Gasteiger partial charge is 0.224 e. The average molecular weight is 388 g/mol. The number of carbonyl (C=O) groups is 2. The van der Waals surface area contributed by atoms with Gasteiger partial charge in [-0.1, -0.05) is 36.8 Å². The number of carbonyl (C=O) groups excluding carboxylic acids is 2. The van der Waals surface area contributed by atoms with Crippen LogP contribution in [0.1, 0.15) is 48.3 Å². The van der Waals surface area contributed by atoms with Gasteiger partial charge in [0.1, 0.15) is 5.82 Å². The first-order valence-corrected chi connectivity index (χ1v) is 10.1. The van der Waals surface area contributed by atoms with Crippen molar-refractivity contribution in [1.29, 1.82) is 0 Å². The van der Waals surface area contributed by atoms with Gasteiger partial charge in [-0.25, -0.2) is 0 Å². The normalized spacial score (nSPS) is 13.4. The highest BCUT2D eigenvalue weighted by molar-refractivity contribution is 6.00. The third-order valence-electron chi connectivity index (χ3n) is 5.21. The van der Waals surface area contributed by atoms with Gasteiger partial charge in [0.05, 0.1) is 0 Å². The summed E-state index contributed by atoms with van der Waals surface area (Å²) in [6, 6.07) is 16.7. The Morgan fingerprint density at radius 2 is 1.69 bits per heavy atom. The molecule has 0 radical (unpaired) electrons. The summed E-state index contributed by atoms with van der Waals surface area (Å²) in [5.41, 5.74) is 2.33. The quantitative estimate of drug-likeness (QED) is 0.640. The van der Waals surface area contributed by atoms with E-state index >= 15 is 0 Å². The predicted octanol–water partition coefficient (Wildman–Crippen LogP) is 4.27. The number of aryl methyl sites for hydroxylation is 1. The molecule has 1 amide bonds. The molecule has 1 N–H and O–H groups in total. The van der Waals surface area contributed by atoms with Gasteiger partial charge >= 0.3 is 0 Å². The van der Waals surface area contributed by atoms with E-state index in [9.17, 15) is 9.59 Å². The van der Waals surface area contributed by atoms with Gasteiger partial charge in [-0.15, -0.1) is 10.2 Å². The molecule has 0 saturated carbocycles. The molecule has 0 fully saturated rings. The molecule has 0 saturated heterocycles. The first kappa shape index (κ1) is 19.1. The Balaban J connectivity index is 1.35. The van der Waals surface area contributed by atoms with E-state index in [1.165, 1.54) is 6.42 Å². The van der Waals surface area contributed by atoms with Crippen LogP contribution in [0.25, 0.3) is 11.4 Å².